The van der Waals surface area contributed by atoms with E-state index in [1.54, 1.807) is 0 Å². The van der Waals surface area contributed by atoms with Crippen molar-refractivity contribution in [3.05, 3.63) is 41.9 Å². The van der Waals surface area contributed by atoms with Gasteiger partial charge in [-0.2, -0.15) is 0 Å². The van der Waals surface area contributed by atoms with Crippen molar-refractivity contribution in [1.29, 1.82) is 0 Å². The summed E-state index contributed by atoms with van der Waals surface area (Å²) in [5.41, 5.74) is 1.28. The van der Waals surface area contributed by atoms with Crippen molar-refractivity contribution in [1.82, 2.24) is 0 Å². The summed E-state index contributed by atoms with van der Waals surface area (Å²) in [5.74, 6) is 1.99. The van der Waals surface area contributed by atoms with Gasteiger partial charge >= 0.3 is 0 Å². The molecule has 0 atom stereocenters. The van der Waals surface area contributed by atoms with Gasteiger partial charge in [-0.15, -0.1) is 0 Å². The molecule has 0 aliphatic heterocycles. The lowest BCUT2D eigenvalue weighted by molar-refractivity contribution is 0.520. The second kappa shape index (κ2) is 2.42. The largest absolute Gasteiger partial charge is 0.462 e. The van der Waals surface area contributed by atoms with Gasteiger partial charge in [-0.05, 0) is 31.1 Å². The highest BCUT2D eigenvalue weighted by Crippen LogP contribution is 2.24. The molecule has 1 aliphatic carbocycles. The fraction of sp³-hybridized carbons (Fsp3) is 0.200. The first-order valence-electron chi connectivity index (χ1n) is 3.79. The van der Waals surface area contributed by atoms with E-state index in [9.17, 15) is 0 Å². The van der Waals surface area contributed by atoms with Crippen LogP contribution in [0.3, 0.4) is 0 Å². The minimum absolute atomic E-state index is 0.979. The van der Waals surface area contributed by atoms with Crippen molar-refractivity contribution < 1.29 is 4.42 Å². The number of aryl methyl sites for hydroxylation is 1. The molecule has 0 spiro atoms. The fourth-order valence-corrected chi connectivity index (χ4v) is 1.24. The first-order chi connectivity index (χ1) is 5.36. The standard InChI is InChI=1S/C10H10O/c1-8-6-7-10(11-8)9-4-2-3-5-9/h2-4,6-7H,5H2,1H3. The minimum atomic E-state index is 0.979. The number of allylic oxidation sites excluding steroid dienone is 4. The summed E-state index contributed by atoms with van der Waals surface area (Å²) in [6.07, 6.45) is 7.30. The number of rotatable bonds is 1. The van der Waals surface area contributed by atoms with Crippen LogP contribution in [-0.2, 0) is 0 Å². The molecule has 0 saturated heterocycles. The monoisotopic (exact) mass is 146 g/mol. The molecular weight excluding hydrogens is 136 g/mol. The van der Waals surface area contributed by atoms with Crippen molar-refractivity contribution in [3.8, 4) is 0 Å². The Labute approximate surface area is 66.0 Å². The van der Waals surface area contributed by atoms with Gasteiger partial charge in [0.15, 0.2) is 0 Å². The molecule has 56 valence electrons. The zero-order chi connectivity index (χ0) is 7.68. The lowest BCUT2D eigenvalue weighted by atomic mass is 10.2. The van der Waals surface area contributed by atoms with Crippen molar-refractivity contribution in [2.45, 2.75) is 13.3 Å². The lowest BCUT2D eigenvalue weighted by Crippen LogP contribution is -1.73. The van der Waals surface area contributed by atoms with Gasteiger partial charge in [0.2, 0.25) is 0 Å². The summed E-state index contributed by atoms with van der Waals surface area (Å²) in [7, 11) is 0. The van der Waals surface area contributed by atoms with E-state index >= 15 is 0 Å². The fourth-order valence-electron chi connectivity index (χ4n) is 1.24. The summed E-state index contributed by atoms with van der Waals surface area (Å²) in [6, 6.07) is 4.02. The Bertz CT molecular complexity index is 315. The van der Waals surface area contributed by atoms with Crippen LogP contribution in [0.25, 0.3) is 5.57 Å². The molecule has 1 heterocycles. The van der Waals surface area contributed by atoms with E-state index in [-0.39, 0.29) is 0 Å². The van der Waals surface area contributed by atoms with Gasteiger partial charge in [0.25, 0.3) is 0 Å². The maximum atomic E-state index is 5.46. The smallest absolute Gasteiger partial charge is 0.130 e. The van der Waals surface area contributed by atoms with Crippen molar-refractivity contribution in [2.24, 2.45) is 0 Å². The second-order valence-electron chi connectivity index (χ2n) is 2.73. The van der Waals surface area contributed by atoms with Crippen LogP contribution in [0.5, 0.6) is 0 Å². The third-order valence-corrected chi connectivity index (χ3v) is 1.83. The van der Waals surface area contributed by atoms with Gasteiger partial charge < -0.3 is 4.42 Å². The van der Waals surface area contributed by atoms with E-state index in [1.165, 1.54) is 5.57 Å². The van der Waals surface area contributed by atoms with Crippen LogP contribution in [0.4, 0.5) is 0 Å². The van der Waals surface area contributed by atoms with E-state index < -0.39 is 0 Å². The Hall–Kier alpha value is -1.24. The zero-order valence-electron chi connectivity index (χ0n) is 6.50. The molecule has 0 bridgehead atoms. The van der Waals surface area contributed by atoms with Crippen LogP contribution in [0.1, 0.15) is 17.9 Å². The Morgan fingerprint density at radius 3 is 2.82 bits per heavy atom. The maximum absolute atomic E-state index is 5.46. The highest BCUT2D eigenvalue weighted by Gasteiger charge is 2.05. The van der Waals surface area contributed by atoms with Gasteiger partial charge in [-0.3, -0.25) is 0 Å². The topological polar surface area (TPSA) is 13.1 Å². The summed E-state index contributed by atoms with van der Waals surface area (Å²) in [6.45, 7) is 1.96. The molecule has 1 aromatic heterocycles. The van der Waals surface area contributed by atoms with Gasteiger partial charge in [-0.1, -0.05) is 18.2 Å². The van der Waals surface area contributed by atoms with Crippen molar-refractivity contribution >= 4 is 5.57 Å². The molecule has 0 amide bonds. The number of hydrogen-bond acceptors (Lipinski definition) is 1. The van der Waals surface area contributed by atoms with Crippen LogP contribution in [0, 0.1) is 6.92 Å². The molecule has 0 aromatic carbocycles. The highest BCUT2D eigenvalue weighted by molar-refractivity contribution is 5.67. The van der Waals surface area contributed by atoms with Crippen LogP contribution in [-0.4, -0.2) is 0 Å². The Morgan fingerprint density at radius 2 is 2.27 bits per heavy atom. The Balaban J connectivity index is 2.30. The summed E-state index contributed by atoms with van der Waals surface area (Å²) in [5, 5.41) is 0. The molecule has 1 heteroatoms. The predicted molar refractivity (Wildman–Crippen MR) is 45.2 cm³/mol. The summed E-state index contributed by atoms with van der Waals surface area (Å²) < 4.78 is 5.46. The zero-order valence-corrected chi connectivity index (χ0v) is 6.50. The normalized spacial score (nSPS) is 15.5. The van der Waals surface area contributed by atoms with Crippen molar-refractivity contribution in [3.63, 3.8) is 0 Å². The van der Waals surface area contributed by atoms with E-state index in [2.05, 4.69) is 18.2 Å². The molecule has 0 unspecified atom stereocenters. The molecule has 0 saturated carbocycles. The third kappa shape index (κ3) is 1.14. The average molecular weight is 146 g/mol. The molecule has 0 N–H and O–H groups in total. The van der Waals surface area contributed by atoms with Crippen LogP contribution < -0.4 is 0 Å². The summed E-state index contributed by atoms with van der Waals surface area (Å²) >= 11 is 0. The van der Waals surface area contributed by atoms with E-state index in [0.29, 0.717) is 0 Å². The molecule has 1 aliphatic rings. The van der Waals surface area contributed by atoms with Gasteiger partial charge in [0, 0.05) is 0 Å². The minimum Gasteiger partial charge on any atom is -0.462 e. The first-order valence-corrected chi connectivity index (χ1v) is 3.79. The Kier molecular flexibility index (Phi) is 1.42. The quantitative estimate of drug-likeness (QED) is 0.593. The number of hydrogen-bond donors (Lipinski definition) is 0. The van der Waals surface area contributed by atoms with Gasteiger partial charge in [0.05, 0.1) is 0 Å². The van der Waals surface area contributed by atoms with Crippen LogP contribution in [0.15, 0.2) is 34.8 Å². The molecular formula is C10H10O. The molecule has 1 aromatic rings. The third-order valence-electron chi connectivity index (χ3n) is 1.83. The highest BCUT2D eigenvalue weighted by atomic mass is 16.3. The summed E-state index contributed by atoms with van der Waals surface area (Å²) in [4.78, 5) is 0. The molecule has 0 radical (unpaired) electrons. The van der Waals surface area contributed by atoms with Gasteiger partial charge in [-0.25, -0.2) is 0 Å². The van der Waals surface area contributed by atoms with Crippen LogP contribution >= 0.6 is 0 Å². The number of furan rings is 1. The molecule has 0 fully saturated rings. The van der Waals surface area contributed by atoms with Crippen LogP contribution in [0.2, 0.25) is 0 Å². The van der Waals surface area contributed by atoms with E-state index in [4.69, 9.17) is 4.42 Å². The SMILES string of the molecule is Cc1ccc(C2=CC=CC2)o1. The first kappa shape index (κ1) is 6.47. The van der Waals surface area contributed by atoms with E-state index in [1.807, 2.05) is 19.1 Å². The lowest BCUT2D eigenvalue weighted by Gasteiger charge is -1.93. The van der Waals surface area contributed by atoms with Gasteiger partial charge in [0.1, 0.15) is 11.5 Å². The second-order valence-corrected chi connectivity index (χ2v) is 2.73. The maximum Gasteiger partial charge on any atom is 0.130 e. The molecule has 2 rings (SSSR count). The average Bonchev–Trinajstić information content (AvgIpc) is 2.55. The molecule has 1 nitrogen and oxygen atoms in total. The van der Waals surface area contributed by atoms with Crippen molar-refractivity contribution in [2.75, 3.05) is 0 Å². The van der Waals surface area contributed by atoms with E-state index in [0.717, 1.165) is 17.9 Å². The molecule has 11 heavy (non-hydrogen) atoms. The Morgan fingerprint density at radius 1 is 1.36 bits per heavy atom. The predicted octanol–water partition coefficient (Wildman–Crippen LogP) is 2.93.